The van der Waals surface area contributed by atoms with Crippen molar-refractivity contribution in [3.8, 4) is 0 Å². The number of thiocarbonyl (C=S) groups is 1. The van der Waals surface area contributed by atoms with E-state index in [1.54, 1.807) is 0 Å². The van der Waals surface area contributed by atoms with Crippen LogP contribution in [0, 0.1) is 0 Å². The smallest absolute Gasteiger partial charge is 0.254 e. The summed E-state index contributed by atoms with van der Waals surface area (Å²) in [5, 5.41) is 0. The molecule has 1 aliphatic rings. The van der Waals surface area contributed by atoms with E-state index in [4.69, 9.17) is 18.0 Å². The first-order chi connectivity index (χ1) is 9.99. The largest absolute Gasteiger partial charge is 0.393 e. The number of piperidine rings is 1. The second-order valence-corrected chi connectivity index (χ2v) is 6.28. The van der Waals surface area contributed by atoms with E-state index in [-0.39, 0.29) is 5.91 Å². The van der Waals surface area contributed by atoms with Crippen LogP contribution in [-0.4, -0.2) is 53.9 Å². The molecule has 0 saturated carbocycles. The van der Waals surface area contributed by atoms with Crippen molar-refractivity contribution in [2.24, 2.45) is 5.73 Å². The highest BCUT2D eigenvalue weighted by molar-refractivity contribution is 7.80. The lowest BCUT2D eigenvalue weighted by Gasteiger charge is -2.35. The molecule has 2 N–H and O–H groups in total. The number of amides is 1. The third kappa shape index (κ3) is 4.02. The predicted octanol–water partition coefficient (Wildman–Crippen LogP) is 1.68. The van der Waals surface area contributed by atoms with Gasteiger partial charge in [-0.15, -0.1) is 0 Å². The number of carbonyl (C=O) groups excluding carboxylic acids is 1. The quantitative estimate of drug-likeness (QED) is 0.860. The second-order valence-electron chi connectivity index (χ2n) is 5.75. The van der Waals surface area contributed by atoms with E-state index >= 15 is 0 Å². The Bertz CT molecular complexity index is 524. The number of likely N-dealkylation sites (tertiary alicyclic amines) is 1. The summed E-state index contributed by atoms with van der Waals surface area (Å²) in [4.78, 5) is 17.4. The lowest BCUT2D eigenvalue weighted by Crippen LogP contribution is -2.44. The molecule has 0 atom stereocenters. The molecular formula is C16H23N3OS. The molecule has 2 rings (SSSR count). The van der Waals surface area contributed by atoms with Gasteiger partial charge in [-0.1, -0.05) is 30.4 Å². The summed E-state index contributed by atoms with van der Waals surface area (Å²) in [5.74, 6) is 0.0661. The number of hydrogen-bond acceptors (Lipinski definition) is 3. The SMILES string of the molecule is CN1CCC(N(C)C(=O)c2ccccc2CC(N)=S)CC1. The molecule has 1 saturated heterocycles. The molecule has 1 heterocycles. The Kier molecular flexibility index (Phi) is 5.31. The van der Waals surface area contributed by atoms with Crippen LogP contribution in [0.2, 0.25) is 0 Å². The number of nitrogens with two attached hydrogens (primary N) is 1. The van der Waals surface area contributed by atoms with Gasteiger partial charge in [-0.2, -0.15) is 0 Å². The van der Waals surface area contributed by atoms with E-state index in [1.807, 2.05) is 36.2 Å². The van der Waals surface area contributed by atoms with E-state index < -0.39 is 0 Å². The molecule has 5 heteroatoms. The van der Waals surface area contributed by atoms with Gasteiger partial charge in [-0.3, -0.25) is 4.79 Å². The van der Waals surface area contributed by atoms with Gasteiger partial charge in [0.1, 0.15) is 0 Å². The van der Waals surface area contributed by atoms with Crippen molar-refractivity contribution >= 4 is 23.1 Å². The maximum absolute atomic E-state index is 12.8. The van der Waals surface area contributed by atoms with Crippen LogP contribution in [-0.2, 0) is 6.42 Å². The predicted molar refractivity (Wildman–Crippen MR) is 89.5 cm³/mol. The Balaban J connectivity index is 2.14. The lowest BCUT2D eigenvalue weighted by atomic mass is 10.00. The Morgan fingerprint density at radius 2 is 2.00 bits per heavy atom. The third-order valence-electron chi connectivity index (χ3n) is 4.17. The molecule has 1 amide bonds. The summed E-state index contributed by atoms with van der Waals surface area (Å²) in [5.41, 5.74) is 7.26. The average Bonchev–Trinajstić information content (AvgIpc) is 2.46. The number of hydrogen-bond donors (Lipinski definition) is 1. The van der Waals surface area contributed by atoms with Crippen LogP contribution in [0.15, 0.2) is 24.3 Å². The number of rotatable bonds is 4. The van der Waals surface area contributed by atoms with Crippen molar-refractivity contribution in [1.29, 1.82) is 0 Å². The van der Waals surface area contributed by atoms with Crippen molar-refractivity contribution in [3.63, 3.8) is 0 Å². The molecule has 1 aromatic rings. The molecule has 1 aliphatic heterocycles. The van der Waals surface area contributed by atoms with E-state index in [9.17, 15) is 4.79 Å². The first-order valence-corrected chi connectivity index (χ1v) is 7.71. The summed E-state index contributed by atoms with van der Waals surface area (Å²) in [6.45, 7) is 2.08. The molecular weight excluding hydrogens is 282 g/mol. The van der Waals surface area contributed by atoms with Gasteiger partial charge in [0, 0.05) is 25.1 Å². The van der Waals surface area contributed by atoms with Gasteiger partial charge in [-0.05, 0) is 44.6 Å². The topological polar surface area (TPSA) is 49.6 Å². The second kappa shape index (κ2) is 7.00. The fourth-order valence-electron chi connectivity index (χ4n) is 2.81. The highest BCUT2D eigenvalue weighted by Gasteiger charge is 2.25. The van der Waals surface area contributed by atoms with Gasteiger partial charge < -0.3 is 15.5 Å². The van der Waals surface area contributed by atoms with Crippen LogP contribution in [0.25, 0.3) is 0 Å². The van der Waals surface area contributed by atoms with Crippen LogP contribution in [0.5, 0.6) is 0 Å². The fourth-order valence-corrected chi connectivity index (χ4v) is 2.96. The number of nitrogens with zero attached hydrogens (tertiary/aromatic N) is 2. The van der Waals surface area contributed by atoms with Crippen LogP contribution in [0.1, 0.15) is 28.8 Å². The molecule has 0 spiro atoms. The number of carbonyl (C=O) groups is 1. The van der Waals surface area contributed by atoms with Crippen LogP contribution >= 0.6 is 12.2 Å². The molecule has 21 heavy (non-hydrogen) atoms. The van der Waals surface area contributed by atoms with E-state index in [2.05, 4.69) is 11.9 Å². The maximum Gasteiger partial charge on any atom is 0.254 e. The van der Waals surface area contributed by atoms with Gasteiger partial charge in [0.2, 0.25) is 0 Å². The molecule has 114 valence electrons. The molecule has 0 aliphatic carbocycles. The minimum absolute atomic E-state index is 0.0661. The average molecular weight is 305 g/mol. The van der Waals surface area contributed by atoms with Gasteiger partial charge in [0.05, 0.1) is 4.99 Å². The van der Waals surface area contributed by atoms with Gasteiger partial charge in [-0.25, -0.2) is 0 Å². The highest BCUT2D eigenvalue weighted by atomic mass is 32.1. The summed E-state index contributed by atoms with van der Waals surface area (Å²) >= 11 is 4.97. The van der Waals surface area contributed by atoms with E-state index in [0.29, 0.717) is 23.0 Å². The minimum Gasteiger partial charge on any atom is -0.393 e. The molecule has 0 aromatic heterocycles. The van der Waals surface area contributed by atoms with Crippen molar-refractivity contribution in [1.82, 2.24) is 9.80 Å². The zero-order valence-corrected chi connectivity index (χ0v) is 13.5. The Hall–Kier alpha value is -1.46. The minimum atomic E-state index is 0.0661. The summed E-state index contributed by atoms with van der Waals surface area (Å²) < 4.78 is 0. The Labute approximate surface area is 131 Å². The number of benzene rings is 1. The molecule has 0 bridgehead atoms. The zero-order chi connectivity index (χ0) is 15.4. The summed E-state index contributed by atoms with van der Waals surface area (Å²) in [7, 11) is 4.02. The van der Waals surface area contributed by atoms with Gasteiger partial charge in [0.15, 0.2) is 0 Å². The van der Waals surface area contributed by atoms with Crippen molar-refractivity contribution in [2.45, 2.75) is 25.3 Å². The monoisotopic (exact) mass is 305 g/mol. The summed E-state index contributed by atoms with van der Waals surface area (Å²) in [6.07, 6.45) is 2.52. The van der Waals surface area contributed by atoms with Crippen LogP contribution in [0.4, 0.5) is 0 Å². The van der Waals surface area contributed by atoms with Crippen molar-refractivity contribution in [3.05, 3.63) is 35.4 Å². The molecule has 0 radical (unpaired) electrons. The van der Waals surface area contributed by atoms with E-state index in [0.717, 1.165) is 31.5 Å². The molecule has 1 aromatic carbocycles. The molecule has 0 unspecified atom stereocenters. The summed E-state index contributed by atoms with van der Waals surface area (Å²) in [6, 6.07) is 7.90. The zero-order valence-electron chi connectivity index (χ0n) is 12.7. The Morgan fingerprint density at radius 3 is 2.62 bits per heavy atom. The van der Waals surface area contributed by atoms with Crippen molar-refractivity contribution < 1.29 is 4.79 Å². The highest BCUT2D eigenvalue weighted by Crippen LogP contribution is 2.19. The molecule has 1 fully saturated rings. The standard InChI is InChI=1S/C16H23N3OS/c1-18-9-7-13(8-10-18)19(2)16(20)14-6-4-3-5-12(14)11-15(17)21/h3-6,13H,7-11H2,1-2H3,(H2,17,21). The first-order valence-electron chi connectivity index (χ1n) is 7.31. The van der Waals surface area contributed by atoms with Crippen molar-refractivity contribution in [2.75, 3.05) is 27.2 Å². The Morgan fingerprint density at radius 1 is 1.38 bits per heavy atom. The third-order valence-corrected chi connectivity index (χ3v) is 4.31. The van der Waals surface area contributed by atoms with E-state index in [1.165, 1.54) is 0 Å². The maximum atomic E-state index is 12.8. The normalized spacial score (nSPS) is 16.7. The van der Waals surface area contributed by atoms with Gasteiger partial charge >= 0.3 is 0 Å². The van der Waals surface area contributed by atoms with Gasteiger partial charge in [0.25, 0.3) is 5.91 Å². The lowest BCUT2D eigenvalue weighted by molar-refractivity contribution is 0.0659. The fraction of sp³-hybridized carbons (Fsp3) is 0.500. The molecule has 4 nitrogen and oxygen atoms in total. The van der Waals surface area contributed by atoms with Crippen LogP contribution in [0.3, 0.4) is 0 Å². The first kappa shape index (κ1) is 15.9. The van der Waals surface area contributed by atoms with Crippen LogP contribution < -0.4 is 5.73 Å².